The van der Waals surface area contributed by atoms with Crippen molar-refractivity contribution in [2.75, 3.05) is 6.61 Å². The smallest absolute Gasteiger partial charge is 0.339 e. The highest BCUT2D eigenvalue weighted by molar-refractivity contribution is 5.80. The summed E-state index contributed by atoms with van der Waals surface area (Å²) >= 11 is 0. The first kappa shape index (κ1) is 20.7. The Hall–Kier alpha value is -1.30. The summed E-state index contributed by atoms with van der Waals surface area (Å²) in [7, 11) is 0. The molecule has 1 saturated heterocycles. The molecule has 6 atom stereocenters. The zero-order valence-corrected chi connectivity index (χ0v) is 13.7. The number of aliphatic hydroxyl groups excluding tert-OH is 4. The molecule has 1 aliphatic rings. The molecule has 1 heterocycles. The van der Waals surface area contributed by atoms with E-state index in [1.165, 1.54) is 13.8 Å². The first-order chi connectivity index (χ1) is 10.9. The van der Waals surface area contributed by atoms with E-state index in [0.717, 1.165) is 6.92 Å². The lowest BCUT2D eigenvalue weighted by molar-refractivity contribution is -0.268. The quantitative estimate of drug-likeness (QED) is 0.262. The first-order valence-corrected chi connectivity index (χ1v) is 7.43. The van der Waals surface area contributed by atoms with Gasteiger partial charge in [-0.2, -0.15) is 0 Å². The molecule has 7 N–H and O–H groups in total. The molecule has 0 radical (unpaired) electrons. The van der Waals surface area contributed by atoms with Gasteiger partial charge in [0.15, 0.2) is 5.60 Å². The van der Waals surface area contributed by atoms with Crippen molar-refractivity contribution in [3.63, 3.8) is 0 Å². The van der Waals surface area contributed by atoms with E-state index in [1.54, 1.807) is 0 Å². The molecule has 0 aromatic carbocycles. The van der Waals surface area contributed by atoms with Gasteiger partial charge in [-0.15, -0.1) is 0 Å². The van der Waals surface area contributed by atoms with E-state index >= 15 is 0 Å². The lowest BCUT2D eigenvalue weighted by Crippen LogP contribution is -2.72. The van der Waals surface area contributed by atoms with E-state index in [9.17, 15) is 35.1 Å². The van der Waals surface area contributed by atoms with E-state index in [-0.39, 0.29) is 0 Å². The van der Waals surface area contributed by atoms with Crippen LogP contribution in [0.15, 0.2) is 0 Å². The van der Waals surface area contributed by atoms with Gasteiger partial charge in [0.25, 0.3) is 0 Å². The highest BCUT2D eigenvalue weighted by atomic mass is 16.6. The van der Waals surface area contributed by atoms with Crippen LogP contribution in [0, 0.1) is 0 Å². The molecule has 10 heteroatoms. The van der Waals surface area contributed by atoms with Gasteiger partial charge in [0.2, 0.25) is 5.91 Å². The van der Waals surface area contributed by atoms with Gasteiger partial charge in [-0.05, 0) is 13.8 Å². The summed E-state index contributed by atoms with van der Waals surface area (Å²) < 4.78 is 5.42. The van der Waals surface area contributed by atoms with E-state index in [1.807, 2.05) is 0 Å². The monoisotopic (exact) mass is 351 g/mol. The number of hydrogen-bond acceptors (Lipinski definition) is 8. The van der Waals surface area contributed by atoms with Crippen LogP contribution in [-0.2, 0) is 14.3 Å². The van der Waals surface area contributed by atoms with Gasteiger partial charge in [-0.1, -0.05) is 0 Å². The predicted molar refractivity (Wildman–Crippen MR) is 78.9 cm³/mol. The second kappa shape index (κ2) is 7.30. The topological polar surface area (TPSA) is 177 Å². The number of ether oxygens (including phenoxy) is 1. The van der Waals surface area contributed by atoms with Crippen LogP contribution < -0.4 is 5.32 Å². The zero-order valence-electron chi connectivity index (χ0n) is 13.7. The summed E-state index contributed by atoms with van der Waals surface area (Å²) in [5, 5.41) is 61.2. The molecule has 0 saturated carbocycles. The standard InChI is InChI=1S/C14H25NO9/c1-6(17)15-9-7(18)4-14(12(21)22,13(2,3)23)24-11(9)10(20)8(19)5-16/h7-11,16,18-20,23H,4-5H2,1-3H3,(H,15,17)(H,21,22). The lowest BCUT2D eigenvalue weighted by atomic mass is 9.75. The van der Waals surface area contributed by atoms with Crippen LogP contribution in [0.2, 0.25) is 0 Å². The van der Waals surface area contributed by atoms with E-state index in [0.29, 0.717) is 0 Å². The minimum absolute atomic E-state index is 0.560. The predicted octanol–water partition coefficient (Wildman–Crippen LogP) is -3.05. The van der Waals surface area contributed by atoms with E-state index in [2.05, 4.69) is 5.32 Å². The number of aliphatic carboxylic acids is 1. The van der Waals surface area contributed by atoms with Gasteiger partial charge < -0.3 is 40.7 Å². The number of hydrogen-bond donors (Lipinski definition) is 7. The third kappa shape index (κ3) is 3.85. The Morgan fingerprint density at radius 2 is 1.92 bits per heavy atom. The zero-order chi connectivity index (χ0) is 18.9. The maximum atomic E-state index is 11.7. The average Bonchev–Trinajstić information content (AvgIpc) is 2.45. The van der Waals surface area contributed by atoms with Crippen molar-refractivity contribution in [1.29, 1.82) is 0 Å². The highest BCUT2D eigenvalue weighted by Crippen LogP contribution is 2.39. The molecule has 140 valence electrons. The van der Waals surface area contributed by atoms with Crippen molar-refractivity contribution >= 4 is 11.9 Å². The van der Waals surface area contributed by atoms with Crippen molar-refractivity contribution in [2.45, 2.75) is 68.9 Å². The normalized spacial score (nSPS) is 33.6. The second-order valence-corrected chi connectivity index (χ2v) is 6.51. The number of carbonyl (C=O) groups excluding carboxylic acids is 1. The molecular formula is C14H25NO9. The fraction of sp³-hybridized carbons (Fsp3) is 0.857. The molecule has 10 nitrogen and oxygen atoms in total. The number of carboxylic acid groups (broad SMARTS) is 1. The highest BCUT2D eigenvalue weighted by Gasteiger charge is 2.61. The Bertz CT molecular complexity index is 477. The molecule has 24 heavy (non-hydrogen) atoms. The number of nitrogens with one attached hydrogen (secondary N) is 1. The minimum atomic E-state index is -2.29. The van der Waals surface area contributed by atoms with Crippen LogP contribution in [0.4, 0.5) is 0 Å². The summed E-state index contributed by atoms with van der Waals surface area (Å²) in [4.78, 5) is 23.0. The second-order valence-electron chi connectivity index (χ2n) is 6.51. The van der Waals surface area contributed by atoms with Gasteiger partial charge in [-0.25, -0.2) is 4.79 Å². The Labute approximate surface area is 138 Å². The van der Waals surface area contributed by atoms with Crippen LogP contribution >= 0.6 is 0 Å². The number of rotatable bonds is 6. The van der Waals surface area contributed by atoms with Gasteiger partial charge in [0.1, 0.15) is 18.3 Å². The van der Waals surface area contributed by atoms with Crippen molar-refractivity contribution in [2.24, 2.45) is 0 Å². The molecule has 6 unspecified atom stereocenters. The summed E-state index contributed by atoms with van der Waals surface area (Å²) in [6.07, 6.45) is -7.15. The molecule has 1 aliphatic heterocycles. The third-order valence-electron chi connectivity index (χ3n) is 4.22. The lowest BCUT2D eigenvalue weighted by Gasteiger charge is -2.51. The Morgan fingerprint density at radius 1 is 1.38 bits per heavy atom. The fourth-order valence-corrected chi connectivity index (χ4v) is 2.81. The summed E-state index contributed by atoms with van der Waals surface area (Å²) in [6.45, 7) is 2.62. The summed E-state index contributed by atoms with van der Waals surface area (Å²) in [5.41, 5.74) is -4.24. The van der Waals surface area contributed by atoms with E-state index < -0.39 is 66.6 Å². The molecule has 0 spiro atoms. The van der Waals surface area contributed by atoms with Crippen molar-refractivity contribution < 1.29 is 45.0 Å². The van der Waals surface area contributed by atoms with Crippen LogP contribution in [0.3, 0.4) is 0 Å². The molecule has 0 bridgehead atoms. The number of carbonyl (C=O) groups is 2. The number of amides is 1. The van der Waals surface area contributed by atoms with Crippen LogP contribution in [0.5, 0.6) is 0 Å². The molecular weight excluding hydrogens is 326 g/mol. The average molecular weight is 351 g/mol. The Morgan fingerprint density at radius 3 is 2.29 bits per heavy atom. The minimum Gasteiger partial charge on any atom is -0.479 e. The molecule has 1 fully saturated rings. The third-order valence-corrected chi connectivity index (χ3v) is 4.22. The molecule has 1 amide bonds. The summed E-state index contributed by atoms with van der Waals surface area (Å²) in [5.74, 6) is -2.16. The number of carboxylic acids is 1. The summed E-state index contributed by atoms with van der Waals surface area (Å²) in [6, 6.07) is -1.24. The molecule has 0 aromatic heterocycles. The van der Waals surface area contributed by atoms with Crippen LogP contribution in [0.25, 0.3) is 0 Å². The Balaban J connectivity index is 3.32. The largest absolute Gasteiger partial charge is 0.479 e. The van der Waals surface area contributed by atoms with Crippen LogP contribution in [-0.4, -0.2) is 90.8 Å². The van der Waals surface area contributed by atoms with Gasteiger partial charge >= 0.3 is 5.97 Å². The Kier molecular flexibility index (Phi) is 6.31. The first-order valence-electron chi connectivity index (χ1n) is 7.43. The SMILES string of the molecule is CC(=O)NC1C(O)CC(C(=O)O)(C(C)(C)O)OC1C(O)C(O)CO. The van der Waals surface area contributed by atoms with Gasteiger partial charge in [-0.3, -0.25) is 4.79 Å². The molecule has 0 aromatic rings. The molecule has 0 aliphatic carbocycles. The number of aliphatic hydroxyl groups is 5. The van der Waals surface area contributed by atoms with Crippen LogP contribution in [0.1, 0.15) is 27.2 Å². The van der Waals surface area contributed by atoms with Gasteiger partial charge in [0.05, 0.1) is 24.4 Å². The maximum Gasteiger partial charge on any atom is 0.339 e. The fourth-order valence-electron chi connectivity index (χ4n) is 2.81. The van der Waals surface area contributed by atoms with E-state index in [4.69, 9.17) is 9.84 Å². The van der Waals surface area contributed by atoms with Crippen molar-refractivity contribution in [3.8, 4) is 0 Å². The van der Waals surface area contributed by atoms with Crippen molar-refractivity contribution in [1.82, 2.24) is 5.32 Å². The molecule has 1 rings (SSSR count). The van der Waals surface area contributed by atoms with Gasteiger partial charge in [0, 0.05) is 13.3 Å². The van der Waals surface area contributed by atoms with Crippen molar-refractivity contribution in [3.05, 3.63) is 0 Å². The maximum absolute atomic E-state index is 11.7.